The lowest BCUT2D eigenvalue weighted by Crippen LogP contribution is -2.54. The summed E-state index contributed by atoms with van der Waals surface area (Å²) < 4.78 is 7.75. The molecule has 4 aliphatic rings. The highest BCUT2D eigenvalue weighted by Gasteiger charge is 2.59. The molecule has 0 unspecified atom stereocenters. The van der Waals surface area contributed by atoms with Gasteiger partial charge in [0.1, 0.15) is 6.07 Å². The first-order chi connectivity index (χ1) is 11.9. The molecular weight excluding hydrogens is 332 g/mol. The summed E-state index contributed by atoms with van der Waals surface area (Å²) in [6.07, 6.45) is 7.85. The molecule has 134 valence electrons. The van der Waals surface area contributed by atoms with E-state index in [4.69, 9.17) is 10.00 Å². The summed E-state index contributed by atoms with van der Waals surface area (Å²) in [5, 5.41) is 8.84. The number of thiazole rings is 1. The Balaban J connectivity index is 1.38. The van der Waals surface area contributed by atoms with E-state index in [0.29, 0.717) is 18.6 Å². The quantitative estimate of drug-likeness (QED) is 0.597. The largest absolute Gasteiger partial charge is 0.465 e. The number of carbonyl (C=O) groups is 1. The van der Waals surface area contributed by atoms with E-state index in [1.807, 2.05) is 17.0 Å². The lowest BCUT2D eigenvalue weighted by Gasteiger charge is -2.59. The fraction of sp³-hybridized carbons (Fsp3) is 0.750. The van der Waals surface area contributed by atoms with Crippen LogP contribution in [0.5, 0.6) is 0 Å². The van der Waals surface area contributed by atoms with Crippen LogP contribution >= 0.6 is 11.3 Å². The van der Waals surface area contributed by atoms with Gasteiger partial charge in [-0.25, -0.2) is 0 Å². The van der Waals surface area contributed by atoms with Gasteiger partial charge in [0.2, 0.25) is 12.1 Å². The molecule has 4 bridgehead atoms. The van der Waals surface area contributed by atoms with Crippen molar-refractivity contribution in [3.8, 4) is 6.07 Å². The number of hydrogen-bond donors (Lipinski definition) is 0. The highest BCUT2D eigenvalue weighted by atomic mass is 32.1. The van der Waals surface area contributed by atoms with Gasteiger partial charge in [0.05, 0.1) is 16.9 Å². The monoisotopic (exact) mass is 359 g/mol. The van der Waals surface area contributed by atoms with E-state index < -0.39 is 0 Å². The number of ether oxygens (including phenoxy) is 1. The minimum Gasteiger partial charge on any atom is -0.465 e. The standard InChI is InChI=1S/C20H27N2O2S/c1-14-17(25-13-22(14)5-4-21)3-6-24-18(23)20-10-15-7-16(11-20)9-19(2,8-15)12-20/h13,15-16H,3,5-12H2,1-2H3/q+1/t15-,16-,19?,20?/m0/s1. The first-order valence-electron chi connectivity index (χ1n) is 9.44. The lowest BCUT2D eigenvalue weighted by molar-refractivity contribution is -0.686. The Hall–Kier alpha value is -1.41. The Morgan fingerprint density at radius 1 is 1.40 bits per heavy atom. The van der Waals surface area contributed by atoms with E-state index in [9.17, 15) is 4.79 Å². The molecule has 0 spiro atoms. The summed E-state index contributed by atoms with van der Waals surface area (Å²) in [5.41, 5.74) is 3.28. The number of nitriles is 1. The molecule has 5 rings (SSSR count). The van der Waals surface area contributed by atoms with E-state index in [1.165, 1.54) is 24.1 Å². The van der Waals surface area contributed by atoms with Crippen LogP contribution in [-0.2, 0) is 22.5 Å². The van der Waals surface area contributed by atoms with Crippen molar-refractivity contribution in [2.45, 2.75) is 65.3 Å². The van der Waals surface area contributed by atoms with E-state index >= 15 is 0 Å². The second-order valence-electron chi connectivity index (χ2n) is 8.96. The molecule has 1 aromatic rings. The van der Waals surface area contributed by atoms with Gasteiger partial charge in [-0.2, -0.15) is 9.83 Å². The van der Waals surface area contributed by atoms with Gasteiger partial charge in [-0.3, -0.25) is 4.79 Å². The third-order valence-corrected chi connectivity index (χ3v) is 7.89. The van der Waals surface area contributed by atoms with E-state index in [0.717, 1.165) is 43.2 Å². The van der Waals surface area contributed by atoms with Gasteiger partial charge in [-0.1, -0.05) is 18.3 Å². The van der Waals surface area contributed by atoms with E-state index in [2.05, 4.69) is 13.0 Å². The molecule has 25 heavy (non-hydrogen) atoms. The topological polar surface area (TPSA) is 54.0 Å². The summed E-state index contributed by atoms with van der Waals surface area (Å²) >= 11 is 1.65. The number of aromatic nitrogens is 1. The van der Waals surface area contributed by atoms with Crippen LogP contribution in [0.15, 0.2) is 5.51 Å². The average Bonchev–Trinajstić information content (AvgIpc) is 2.86. The minimum absolute atomic E-state index is 0.0620. The summed E-state index contributed by atoms with van der Waals surface area (Å²) in [6, 6.07) is 2.17. The zero-order valence-electron chi connectivity index (χ0n) is 15.2. The lowest BCUT2D eigenvalue weighted by atomic mass is 9.44. The maximum absolute atomic E-state index is 13.0. The first kappa shape index (κ1) is 17.0. The van der Waals surface area contributed by atoms with E-state index in [-0.39, 0.29) is 11.4 Å². The Morgan fingerprint density at radius 2 is 2.12 bits per heavy atom. The maximum Gasteiger partial charge on any atom is 0.312 e. The summed E-state index contributed by atoms with van der Waals surface area (Å²) in [7, 11) is 0. The zero-order chi connectivity index (χ0) is 17.7. The molecule has 0 saturated heterocycles. The van der Waals surface area contributed by atoms with Crippen LogP contribution in [0, 0.1) is 40.9 Å². The van der Waals surface area contributed by atoms with Gasteiger partial charge in [0.25, 0.3) is 0 Å². The van der Waals surface area contributed by atoms with Crippen LogP contribution in [0.2, 0.25) is 0 Å². The normalized spacial score (nSPS) is 35.6. The zero-order valence-corrected chi connectivity index (χ0v) is 16.0. The van der Waals surface area contributed by atoms with Gasteiger partial charge in [0.15, 0.2) is 5.69 Å². The van der Waals surface area contributed by atoms with Gasteiger partial charge < -0.3 is 4.74 Å². The molecule has 0 N–H and O–H groups in total. The molecule has 4 saturated carbocycles. The summed E-state index contributed by atoms with van der Waals surface area (Å²) in [5.74, 6) is 1.54. The molecule has 0 aromatic carbocycles. The maximum atomic E-state index is 13.0. The third-order valence-electron chi connectivity index (χ3n) is 6.75. The van der Waals surface area contributed by atoms with Crippen molar-refractivity contribution in [2.24, 2.45) is 22.7 Å². The molecular formula is C20H27N2O2S+. The van der Waals surface area contributed by atoms with Gasteiger partial charge >= 0.3 is 5.97 Å². The molecule has 4 aliphatic carbocycles. The van der Waals surface area contributed by atoms with Crippen molar-refractivity contribution in [2.75, 3.05) is 6.61 Å². The van der Waals surface area contributed by atoms with Crippen molar-refractivity contribution < 1.29 is 14.1 Å². The second kappa shape index (κ2) is 6.09. The fourth-order valence-corrected chi connectivity index (χ4v) is 7.25. The minimum atomic E-state index is -0.190. The number of rotatable bonds is 5. The molecule has 4 nitrogen and oxygen atoms in total. The number of esters is 1. The number of hydrogen-bond acceptors (Lipinski definition) is 4. The van der Waals surface area contributed by atoms with Crippen molar-refractivity contribution in [1.29, 1.82) is 5.26 Å². The first-order valence-corrected chi connectivity index (χ1v) is 10.3. The summed E-state index contributed by atoms with van der Waals surface area (Å²) in [4.78, 5) is 14.2. The number of nitrogens with zero attached hydrogens (tertiary/aromatic N) is 2. The highest BCUT2D eigenvalue weighted by Crippen LogP contribution is 2.65. The molecule has 2 atom stereocenters. The van der Waals surface area contributed by atoms with Crippen molar-refractivity contribution in [3.05, 3.63) is 16.1 Å². The van der Waals surface area contributed by atoms with Crippen molar-refractivity contribution in [1.82, 2.24) is 0 Å². The summed E-state index contributed by atoms with van der Waals surface area (Å²) in [6.45, 7) is 5.26. The van der Waals surface area contributed by atoms with Gasteiger partial charge in [-0.15, -0.1) is 0 Å². The van der Waals surface area contributed by atoms with Crippen molar-refractivity contribution >= 4 is 17.3 Å². The Kier molecular flexibility index (Phi) is 4.15. The smallest absolute Gasteiger partial charge is 0.312 e. The molecule has 5 heteroatoms. The van der Waals surface area contributed by atoms with E-state index in [1.54, 1.807) is 11.3 Å². The van der Waals surface area contributed by atoms with Crippen LogP contribution in [-0.4, -0.2) is 12.6 Å². The van der Waals surface area contributed by atoms with Gasteiger partial charge in [-0.05, 0) is 55.8 Å². The highest BCUT2D eigenvalue weighted by molar-refractivity contribution is 7.09. The molecule has 1 aromatic heterocycles. The van der Waals surface area contributed by atoms with Crippen LogP contribution < -0.4 is 4.57 Å². The van der Waals surface area contributed by atoms with Crippen LogP contribution in [0.1, 0.15) is 56.0 Å². The SMILES string of the molecule is Cc1c(CCOC(=O)C23C[C@H]4C[C@@H](CC(C)(C4)C2)C3)sc[n+]1CC#N. The second-order valence-corrected chi connectivity index (χ2v) is 9.90. The van der Waals surface area contributed by atoms with Crippen molar-refractivity contribution in [3.63, 3.8) is 0 Å². The number of carbonyl (C=O) groups excluding carboxylic acids is 1. The van der Waals surface area contributed by atoms with Crippen LogP contribution in [0.25, 0.3) is 0 Å². The Labute approximate surface area is 153 Å². The Morgan fingerprint density at radius 3 is 2.76 bits per heavy atom. The molecule has 0 amide bonds. The third kappa shape index (κ3) is 2.99. The molecule has 1 heterocycles. The predicted octanol–water partition coefficient (Wildman–Crippen LogP) is 3.56. The van der Waals surface area contributed by atoms with Crippen LogP contribution in [0.4, 0.5) is 0 Å². The van der Waals surface area contributed by atoms with Crippen LogP contribution in [0.3, 0.4) is 0 Å². The average molecular weight is 360 g/mol. The Bertz CT molecular complexity index is 719. The molecule has 0 radical (unpaired) electrons. The fourth-order valence-electron chi connectivity index (χ4n) is 6.27. The predicted molar refractivity (Wildman–Crippen MR) is 94.7 cm³/mol. The molecule has 4 fully saturated rings. The molecule has 0 aliphatic heterocycles. The van der Waals surface area contributed by atoms with Gasteiger partial charge in [0, 0.05) is 13.3 Å².